The molecule has 0 unspecified atom stereocenters. The van der Waals surface area contributed by atoms with E-state index in [4.69, 9.17) is 5.26 Å². The summed E-state index contributed by atoms with van der Waals surface area (Å²) in [6.07, 6.45) is 3.25. The quantitative estimate of drug-likeness (QED) is 0.667. The van der Waals surface area contributed by atoms with Crippen molar-refractivity contribution in [3.63, 3.8) is 0 Å². The highest BCUT2D eigenvalue weighted by Crippen LogP contribution is 2.19. The standard InChI is InChI=1S/C14H11N3/c15-9-3-6-12-14-8-4-10-17(14)13-7-2-1-5-11(13)16-12/h1-2,4-5,7-8,10H,3,6H2. The number of nitrogens with zero attached hydrogens (tertiary/aromatic N) is 3. The van der Waals surface area contributed by atoms with Crippen molar-refractivity contribution in [3.8, 4) is 6.07 Å². The van der Waals surface area contributed by atoms with Gasteiger partial charge in [0.15, 0.2) is 0 Å². The maximum atomic E-state index is 8.68. The molecule has 0 fully saturated rings. The van der Waals surface area contributed by atoms with E-state index >= 15 is 0 Å². The van der Waals surface area contributed by atoms with E-state index in [-0.39, 0.29) is 0 Å². The molecule has 3 heteroatoms. The fourth-order valence-electron chi connectivity index (χ4n) is 2.15. The van der Waals surface area contributed by atoms with Crippen molar-refractivity contribution in [3.05, 3.63) is 48.3 Å². The number of benzene rings is 1. The Morgan fingerprint density at radius 1 is 1.12 bits per heavy atom. The summed E-state index contributed by atoms with van der Waals surface area (Å²) in [6.45, 7) is 0. The molecule has 17 heavy (non-hydrogen) atoms. The number of rotatable bonds is 2. The topological polar surface area (TPSA) is 41.1 Å². The smallest absolute Gasteiger partial charge is 0.0874 e. The summed E-state index contributed by atoms with van der Waals surface area (Å²) >= 11 is 0. The lowest BCUT2D eigenvalue weighted by Gasteiger charge is -2.06. The number of aromatic nitrogens is 2. The van der Waals surface area contributed by atoms with Gasteiger partial charge in [-0.3, -0.25) is 0 Å². The molecule has 0 spiro atoms. The Labute approximate surface area is 98.9 Å². The molecule has 0 saturated heterocycles. The largest absolute Gasteiger partial charge is 0.313 e. The Bertz CT molecular complexity index is 719. The third kappa shape index (κ3) is 1.55. The number of para-hydroxylation sites is 2. The van der Waals surface area contributed by atoms with Crippen LogP contribution in [0.25, 0.3) is 16.6 Å². The molecule has 0 radical (unpaired) electrons. The molecular formula is C14H11N3. The minimum absolute atomic E-state index is 0.506. The molecule has 0 aliphatic heterocycles. The number of fused-ring (bicyclic) bond motifs is 3. The first kappa shape index (κ1) is 9.86. The van der Waals surface area contributed by atoms with Crippen molar-refractivity contribution < 1.29 is 0 Å². The molecule has 1 aromatic carbocycles. The van der Waals surface area contributed by atoms with Crippen LogP contribution in [0.15, 0.2) is 42.6 Å². The third-order valence-corrected chi connectivity index (χ3v) is 2.91. The van der Waals surface area contributed by atoms with Gasteiger partial charge in [-0.15, -0.1) is 0 Å². The summed E-state index contributed by atoms with van der Waals surface area (Å²) in [6, 6.07) is 14.3. The van der Waals surface area contributed by atoms with E-state index in [0.717, 1.165) is 22.2 Å². The average Bonchev–Trinajstić information content (AvgIpc) is 2.85. The molecule has 0 N–H and O–H groups in total. The second-order valence-electron chi connectivity index (χ2n) is 3.97. The lowest BCUT2D eigenvalue weighted by atomic mass is 10.2. The van der Waals surface area contributed by atoms with Crippen LogP contribution in [0.4, 0.5) is 0 Å². The Kier molecular flexibility index (Phi) is 2.27. The number of hydrogen-bond donors (Lipinski definition) is 0. The highest BCUT2D eigenvalue weighted by molar-refractivity contribution is 5.79. The summed E-state index contributed by atoms with van der Waals surface area (Å²) in [5.41, 5.74) is 4.17. The predicted octanol–water partition coefficient (Wildman–Crippen LogP) is 2.94. The summed E-state index contributed by atoms with van der Waals surface area (Å²) in [4.78, 5) is 4.64. The zero-order valence-electron chi connectivity index (χ0n) is 9.30. The van der Waals surface area contributed by atoms with E-state index in [1.807, 2.05) is 36.5 Å². The lowest BCUT2D eigenvalue weighted by Crippen LogP contribution is -1.97. The van der Waals surface area contributed by atoms with Gasteiger partial charge < -0.3 is 4.40 Å². The van der Waals surface area contributed by atoms with Gasteiger partial charge in [0.05, 0.1) is 28.3 Å². The van der Waals surface area contributed by atoms with Gasteiger partial charge in [0, 0.05) is 19.0 Å². The maximum Gasteiger partial charge on any atom is 0.0874 e. The zero-order valence-corrected chi connectivity index (χ0v) is 9.30. The van der Waals surface area contributed by atoms with Gasteiger partial charge in [0.2, 0.25) is 0 Å². The van der Waals surface area contributed by atoms with Crippen LogP contribution in [-0.2, 0) is 6.42 Å². The van der Waals surface area contributed by atoms with Crippen LogP contribution < -0.4 is 0 Å². The van der Waals surface area contributed by atoms with Crippen LogP contribution in [0.2, 0.25) is 0 Å². The first-order valence-electron chi connectivity index (χ1n) is 5.62. The Morgan fingerprint density at radius 2 is 1.94 bits per heavy atom. The Hall–Kier alpha value is -2.34. The van der Waals surface area contributed by atoms with E-state index in [1.165, 1.54) is 0 Å². The van der Waals surface area contributed by atoms with Crippen molar-refractivity contribution in [2.24, 2.45) is 0 Å². The third-order valence-electron chi connectivity index (χ3n) is 2.91. The molecule has 3 aromatic rings. The van der Waals surface area contributed by atoms with E-state index in [1.54, 1.807) is 0 Å². The molecule has 0 atom stereocenters. The van der Waals surface area contributed by atoms with Crippen molar-refractivity contribution in [1.29, 1.82) is 5.26 Å². The van der Waals surface area contributed by atoms with Crippen LogP contribution in [0, 0.1) is 11.3 Å². The average molecular weight is 221 g/mol. The van der Waals surface area contributed by atoms with Gasteiger partial charge >= 0.3 is 0 Å². The summed E-state index contributed by atoms with van der Waals surface area (Å²) in [7, 11) is 0. The minimum atomic E-state index is 0.506. The van der Waals surface area contributed by atoms with Crippen LogP contribution in [0.5, 0.6) is 0 Å². The van der Waals surface area contributed by atoms with E-state index in [0.29, 0.717) is 12.8 Å². The molecular weight excluding hydrogens is 210 g/mol. The van der Waals surface area contributed by atoms with Gasteiger partial charge in [-0.05, 0) is 24.3 Å². The first-order valence-corrected chi connectivity index (χ1v) is 5.62. The van der Waals surface area contributed by atoms with E-state index < -0.39 is 0 Å². The van der Waals surface area contributed by atoms with Gasteiger partial charge in [-0.1, -0.05) is 12.1 Å². The number of aryl methyl sites for hydroxylation is 1. The van der Waals surface area contributed by atoms with Crippen LogP contribution in [0.1, 0.15) is 12.1 Å². The molecule has 0 saturated carbocycles. The molecule has 0 aliphatic carbocycles. The summed E-state index contributed by atoms with van der Waals surface area (Å²) in [5.74, 6) is 0. The number of hydrogen-bond acceptors (Lipinski definition) is 2. The monoisotopic (exact) mass is 221 g/mol. The fourth-order valence-corrected chi connectivity index (χ4v) is 2.15. The second-order valence-corrected chi connectivity index (χ2v) is 3.97. The molecule has 82 valence electrons. The molecule has 2 heterocycles. The van der Waals surface area contributed by atoms with Crippen LogP contribution >= 0.6 is 0 Å². The van der Waals surface area contributed by atoms with Gasteiger partial charge in [-0.2, -0.15) is 5.26 Å². The fraction of sp³-hybridized carbons (Fsp3) is 0.143. The van der Waals surface area contributed by atoms with Crippen molar-refractivity contribution >= 4 is 16.6 Å². The molecule has 3 nitrogen and oxygen atoms in total. The van der Waals surface area contributed by atoms with Gasteiger partial charge in [0.25, 0.3) is 0 Å². The van der Waals surface area contributed by atoms with Gasteiger partial charge in [-0.25, -0.2) is 4.98 Å². The predicted molar refractivity (Wildman–Crippen MR) is 66.6 cm³/mol. The molecule has 0 amide bonds. The van der Waals surface area contributed by atoms with E-state index in [9.17, 15) is 0 Å². The summed E-state index contributed by atoms with van der Waals surface area (Å²) in [5, 5.41) is 8.68. The zero-order chi connectivity index (χ0) is 11.7. The molecule has 0 bridgehead atoms. The molecule has 2 aromatic heterocycles. The number of nitriles is 1. The normalized spacial score (nSPS) is 10.8. The maximum absolute atomic E-state index is 8.68. The summed E-state index contributed by atoms with van der Waals surface area (Å²) < 4.78 is 2.13. The minimum Gasteiger partial charge on any atom is -0.313 e. The molecule has 3 rings (SSSR count). The highest BCUT2D eigenvalue weighted by Gasteiger charge is 2.06. The SMILES string of the molecule is N#CCCc1nc2ccccc2n2cccc12. The molecule has 0 aliphatic rings. The second kappa shape index (κ2) is 3.91. The van der Waals surface area contributed by atoms with Crippen molar-refractivity contribution in [1.82, 2.24) is 9.38 Å². The Balaban J connectivity index is 2.32. The van der Waals surface area contributed by atoms with Crippen molar-refractivity contribution in [2.45, 2.75) is 12.8 Å². The van der Waals surface area contributed by atoms with Crippen LogP contribution in [0.3, 0.4) is 0 Å². The first-order chi connectivity index (χ1) is 8.40. The highest BCUT2D eigenvalue weighted by atomic mass is 14.9. The lowest BCUT2D eigenvalue weighted by molar-refractivity contribution is 0.961. The Morgan fingerprint density at radius 3 is 2.82 bits per heavy atom. The van der Waals surface area contributed by atoms with Gasteiger partial charge in [0.1, 0.15) is 0 Å². The van der Waals surface area contributed by atoms with Crippen molar-refractivity contribution in [2.75, 3.05) is 0 Å². The van der Waals surface area contributed by atoms with Crippen LogP contribution in [-0.4, -0.2) is 9.38 Å². The van der Waals surface area contributed by atoms with E-state index in [2.05, 4.69) is 21.5 Å².